The molecule has 1 amide bonds. The maximum Gasteiger partial charge on any atom is 0.256 e. The lowest BCUT2D eigenvalue weighted by molar-refractivity contribution is -0.115. The van der Waals surface area contributed by atoms with E-state index in [2.05, 4.69) is 42.3 Å². The SMILES string of the molecule is C=C/C=C(\C=C)C(=O)NC(=N/C=C/CCC)C(N=CC(C)C)=C(C)C.CCCC(CO)OC. The molecule has 0 aromatic carbocycles. The highest BCUT2D eigenvalue weighted by Crippen LogP contribution is 2.09. The van der Waals surface area contributed by atoms with Crippen LogP contribution in [-0.2, 0) is 9.53 Å². The molecule has 1 unspecified atom stereocenters. The molecule has 6 nitrogen and oxygen atoms in total. The molecule has 0 rings (SSSR count). The van der Waals surface area contributed by atoms with Gasteiger partial charge in [-0.1, -0.05) is 78.0 Å². The van der Waals surface area contributed by atoms with Gasteiger partial charge in [-0.05, 0) is 38.2 Å². The van der Waals surface area contributed by atoms with Crippen LogP contribution in [0.25, 0.3) is 0 Å². The fourth-order valence-electron chi connectivity index (χ4n) is 2.32. The summed E-state index contributed by atoms with van der Waals surface area (Å²) in [4.78, 5) is 21.4. The number of hydrogen-bond acceptors (Lipinski definition) is 5. The van der Waals surface area contributed by atoms with E-state index in [1.165, 1.54) is 6.08 Å². The van der Waals surface area contributed by atoms with E-state index in [0.717, 1.165) is 31.3 Å². The number of carbonyl (C=O) groups excluding carboxylic acids is 1. The summed E-state index contributed by atoms with van der Waals surface area (Å²) in [6.45, 7) is 19.6. The molecule has 0 aliphatic heterocycles. The Morgan fingerprint density at radius 2 is 1.85 bits per heavy atom. The van der Waals surface area contributed by atoms with Gasteiger partial charge in [0.25, 0.3) is 5.91 Å². The molecule has 0 bridgehead atoms. The topological polar surface area (TPSA) is 83.3 Å². The third kappa shape index (κ3) is 16.7. The molecular weight excluding hydrogens is 414 g/mol. The molecule has 2 N–H and O–H groups in total. The van der Waals surface area contributed by atoms with Crippen molar-refractivity contribution in [2.24, 2.45) is 15.9 Å². The lowest BCUT2D eigenvalue weighted by Crippen LogP contribution is -2.32. The van der Waals surface area contributed by atoms with Gasteiger partial charge in [-0.25, -0.2) is 4.99 Å². The molecule has 0 aliphatic carbocycles. The standard InChI is InChI=1S/C21H31N3O.C6H14O2/c1-8-11-12-14-22-20(19(17(6)7)23-15-16(4)5)24-21(25)18(10-3)13-9-2;1-3-4-6(5-7)8-2/h9-10,12-16H,2-3,8,11H2,1,4-7H3,(H,22,24,25);6-7H,3-5H2,1-2H3/b14-12+,18-13+,23-15?;. The van der Waals surface area contributed by atoms with Crippen molar-refractivity contribution in [1.82, 2.24) is 5.32 Å². The maximum atomic E-state index is 12.5. The molecule has 0 aromatic rings. The first-order valence-corrected chi connectivity index (χ1v) is 11.6. The van der Waals surface area contributed by atoms with Gasteiger partial charge in [0.1, 0.15) is 5.70 Å². The highest BCUT2D eigenvalue weighted by atomic mass is 16.5. The zero-order valence-electron chi connectivity index (χ0n) is 21.7. The lowest BCUT2D eigenvalue weighted by atomic mass is 10.2. The van der Waals surface area contributed by atoms with Crippen molar-refractivity contribution >= 4 is 18.0 Å². The van der Waals surface area contributed by atoms with Crippen molar-refractivity contribution in [3.8, 4) is 0 Å². The van der Waals surface area contributed by atoms with Gasteiger partial charge in [-0.15, -0.1) is 0 Å². The first-order valence-electron chi connectivity index (χ1n) is 11.6. The van der Waals surface area contributed by atoms with Gasteiger partial charge in [0.2, 0.25) is 0 Å². The minimum Gasteiger partial charge on any atom is -0.394 e. The van der Waals surface area contributed by atoms with Crippen LogP contribution in [-0.4, -0.2) is 42.9 Å². The van der Waals surface area contributed by atoms with Crippen LogP contribution in [0, 0.1) is 5.92 Å². The largest absolute Gasteiger partial charge is 0.394 e. The zero-order valence-corrected chi connectivity index (χ0v) is 21.7. The Balaban J connectivity index is 0. The Morgan fingerprint density at radius 1 is 1.18 bits per heavy atom. The summed E-state index contributed by atoms with van der Waals surface area (Å²) >= 11 is 0. The summed E-state index contributed by atoms with van der Waals surface area (Å²) < 4.78 is 4.89. The summed E-state index contributed by atoms with van der Waals surface area (Å²) in [6, 6.07) is 0. The normalized spacial score (nSPS) is 13.0. The molecule has 186 valence electrons. The number of hydrogen-bond donors (Lipinski definition) is 2. The summed E-state index contributed by atoms with van der Waals surface area (Å²) in [6.07, 6.45) is 14.2. The zero-order chi connectivity index (χ0) is 25.6. The highest BCUT2D eigenvalue weighted by molar-refractivity contribution is 6.13. The number of nitrogens with one attached hydrogen (secondary N) is 1. The van der Waals surface area contributed by atoms with Gasteiger partial charge in [-0.2, -0.15) is 0 Å². The van der Waals surface area contributed by atoms with Crippen molar-refractivity contribution in [3.63, 3.8) is 0 Å². The number of aliphatic imine (C=N–C) groups is 2. The summed E-state index contributed by atoms with van der Waals surface area (Å²) in [5, 5.41) is 11.4. The Kier molecular flexibility index (Phi) is 21.0. The molecule has 0 saturated carbocycles. The van der Waals surface area contributed by atoms with E-state index in [1.54, 1.807) is 25.5 Å². The number of aliphatic hydroxyl groups is 1. The van der Waals surface area contributed by atoms with Crippen LogP contribution in [0.1, 0.15) is 67.2 Å². The summed E-state index contributed by atoms with van der Waals surface area (Å²) in [7, 11) is 1.62. The summed E-state index contributed by atoms with van der Waals surface area (Å²) in [5.74, 6) is 0.424. The van der Waals surface area contributed by atoms with Crippen molar-refractivity contribution in [2.75, 3.05) is 13.7 Å². The quantitative estimate of drug-likeness (QED) is 0.155. The Morgan fingerprint density at radius 3 is 2.24 bits per heavy atom. The van der Waals surface area contributed by atoms with E-state index in [-0.39, 0.29) is 18.6 Å². The molecule has 6 heteroatoms. The Labute approximate surface area is 201 Å². The van der Waals surface area contributed by atoms with Crippen LogP contribution < -0.4 is 5.32 Å². The Bertz CT molecular complexity index is 721. The predicted octanol–water partition coefficient (Wildman–Crippen LogP) is 5.93. The van der Waals surface area contributed by atoms with E-state index in [1.807, 2.05) is 40.0 Å². The third-order valence-corrected chi connectivity index (χ3v) is 4.12. The van der Waals surface area contributed by atoms with E-state index >= 15 is 0 Å². The second-order valence-electron chi connectivity index (χ2n) is 7.87. The molecule has 0 fully saturated rings. The van der Waals surface area contributed by atoms with Gasteiger partial charge in [0.15, 0.2) is 5.84 Å². The predicted molar refractivity (Wildman–Crippen MR) is 143 cm³/mol. The second-order valence-corrected chi connectivity index (χ2v) is 7.87. The van der Waals surface area contributed by atoms with E-state index < -0.39 is 0 Å². The Hall–Kier alpha value is -2.57. The maximum absolute atomic E-state index is 12.5. The molecule has 0 radical (unpaired) electrons. The molecule has 0 saturated heterocycles. The number of amidine groups is 1. The average molecular weight is 460 g/mol. The van der Waals surface area contributed by atoms with E-state index in [4.69, 9.17) is 9.84 Å². The average Bonchev–Trinajstić information content (AvgIpc) is 2.78. The van der Waals surface area contributed by atoms with Crippen LogP contribution in [0.5, 0.6) is 0 Å². The van der Waals surface area contributed by atoms with Gasteiger partial charge in [0, 0.05) is 25.1 Å². The number of rotatable bonds is 13. The fraction of sp³-hybridized carbons (Fsp3) is 0.519. The summed E-state index contributed by atoms with van der Waals surface area (Å²) in [5.41, 5.74) is 2.04. The van der Waals surface area contributed by atoms with Crippen molar-refractivity contribution in [2.45, 2.75) is 73.3 Å². The van der Waals surface area contributed by atoms with Crippen LogP contribution in [0.4, 0.5) is 0 Å². The molecule has 1 atom stereocenters. The first kappa shape index (κ1) is 32.6. The number of aliphatic hydroxyl groups excluding tert-OH is 1. The smallest absolute Gasteiger partial charge is 0.256 e. The molecule has 0 aromatic heterocycles. The number of carbonyl (C=O) groups is 1. The minimum atomic E-state index is -0.295. The molecule has 0 heterocycles. The molecular formula is C27H45N3O3. The fourth-order valence-corrected chi connectivity index (χ4v) is 2.32. The van der Waals surface area contributed by atoms with Gasteiger partial charge < -0.3 is 15.2 Å². The number of amides is 1. The molecule has 0 spiro atoms. The van der Waals surface area contributed by atoms with Crippen molar-refractivity contribution in [1.29, 1.82) is 0 Å². The van der Waals surface area contributed by atoms with Crippen molar-refractivity contribution in [3.05, 3.63) is 60.5 Å². The third-order valence-electron chi connectivity index (χ3n) is 4.12. The molecule has 0 aliphatic rings. The second kappa shape index (κ2) is 21.3. The van der Waals surface area contributed by atoms with E-state index in [0.29, 0.717) is 23.0 Å². The minimum absolute atomic E-state index is 0.0556. The van der Waals surface area contributed by atoms with Crippen LogP contribution >= 0.6 is 0 Å². The van der Waals surface area contributed by atoms with Crippen LogP contribution in [0.3, 0.4) is 0 Å². The number of nitrogens with zero attached hydrogens (tertiary/aromatic N) is 2. The molecule has 33 heavy (non-hydrogen) atoms. The van der Waals surface area contributed by atoms with E-state index in [9.17, 15) is 4.79 Å². The number of methoxy groups -OCH3 is 1. The van der Waals surface area contributed by atoms with Gasteiger partial charge >= 0.3 is 0 Å². The van der Waals surface area contributed by atoms with Crippen molar-refractivity contribution < 1.29 is 14.6 Å². The number of ether oxygens (including phenoxy) is 1. The monoisotopic (exact) mass is 459 g/mol. The van der Waals surface area contributed by atoms with Crippen LogP contribution in [0.15, 0.2) is 70.5 Å². The first-order chi connectivity index (χ1) is 15.7. The van der Waals surface area contributed by atoms with Gasteiger partial charge in [-0.3, -0.25) is 9.79 Å². The van der Waals surface area contributed by atoms with Gasteiger partial charge in [0.05, 0.1) is 12.7 Å². The number of allylic oxidation sites excluding steroid dienone is 4. The lowest BCUT2D eigenvalue weighted by Gasteiger charge is -2.11. The number of unbranched alkanes of at least 4 members (excludes halogenated alkanes) is 1. The van der Waals surface area contributed by atoms with Crippen LogP contribution in [0.2, 0.25) is 0 Å². The highest BCUT2D eigenvalue weighted by Gasteiger charge is 2.13.